The van der Waals surface area contributed by atoms with E-state index in [9.17, 15) is 0 Å². The fourth-order valence-corrected chi connectivity index (χ4v) is 8.26. The van der Waals surface area contributed by atoms with Gasteiger partial charge in [0.05, 0.1) is 22.4 Å². The molecule has 256 valence electrons. The molecular formula is C51H32N4. The minimum Gasteiger partial charge on any atom is -0.309 e. The molecule has 0 spiro atoms. The van der Waals surface area contributed by atoms with E-state index in [2.05, 4.69) is 192 Å². The zero-order valence-electron chi connectivity index (χ0n) is 29.8. The number of rotatable bonds is 5. The smallest absolute Gasteiger partial charge is 0.160 e. The second kappa shape index (κ2) is 12.6. The molecular weight excluding hydrogens is 669 g/mol. The molecule has 0 radical (unpaired) electrons. The number of nitrogens with zero attached hydrogens (tertiary/aromatic N) is 4. The Bertz CT molecular complexity index is 3190. The van der Waals surface area contributed by atoms with Gasteiger partial charge in [0.2, 0.25) is 0 Å². The molecule has 0 amide bonds. The molecule has 0 bridgehead atoms. The van der Waals surface area contributed by atoms with Crippen LogP contribution in [0.1, 0.15) is 0 Å². The van der Waals surface area contributed by atoms with E-state index >= 15 is 0 Å². The molecule has 0 aliphatic carbocycles. The van der Waals surface area contributed by atoms with E-state index in [1.165, 1.54) is 43.4 Å². The SMILES string of the molecule is c1ccc2c(-c3ccc(-c4nc(-c5ccc(-n6c7ccccc7c7ccccc76)cc5)cc(-c5cc6ccccc6c6ccccc56)n4)cc3)cncc2c1. The molecule has 55 heavy (non-hydrogen) atoms. The van der Waals surface area contributed by atoms with Crippen LogP contribution in [0.5, 0.6) is 0 Å². The van der Waals surface area contributed by atoms with Gasteiger partial charge >= 0.3 is 0 Å². The molecule has 11 rings (SSSR count). The third-order valence-electron chi connectivity index (χ3n) is 10.9. The molecule has 0 atom stereocenters. The van der Waals surface area contributed by atoms with Crippen LogP contribution in [0.2, 0.25) is 0 Å². The van der Waals surface area contributed by atoms with Crippen LogP contribution in [-0.2, 0) is 0 Å². The summed E-state index contributed by atoms with van der Waals surface area (Å²) in [4.78, 5) is 15.1. The van der Waals surface area contributed by atoms with E-state index in [-0.39, 0.29) is 0 Å². The lowest BCUT2D eigenvalue weighted by atomic mass is 9.95. The number of hydrogen-bond donors (Lipinski definition) is 0. The summed E-state index contributed by atoms with van der Waals surface area (Å²) in [6.07, 6.45) is 3.86. The molecule has 11 aromatic rings. The molecule has 3 aromatic heterocycles. The molecule has 4 nitrogen and oxygen atoms in total. The van der Waals surface area contributed by atoms with Crippen molar-refractivity contribution in [1.82, 2.24) is 19.5 Å². The first-order valence-corrected chi connectivity index (χ1v) is 18.6. The van der Waals surface area contributed by atoms with Crippen molar-refractivity contribution >= 4 is 54.1 Å². The van der Waals surface area contributed by atoms with Crippen molar-refractivity contribution in [2.24, 2.45) is 0 Å². The Kier molecular flexibility index (Phi) is 7.14. The standard InChI is InChI=1S/C51H32N4/c1-3-13-39-36(11-1)29-45(42-16-6-5-15-41(39)42)48-30-47(34-25-27-38(28-26-34)55-49-19-9-7-17-43(49)44-18-8-10-20-50(44)55)53-51(54-48)35-23-21-33(22-24-35)46-32-52-31-37-12-2-4-14-40(37)46/h1-32H. The molecule has 0 saturated heterocycles. The summed E-state index contributed by atoms with van der Waals surface area (Å²) in [5.74, 6) is 0.679. The van der Waals surface area contributed by atoms with Crippen molar-refractivity contribution in [2.75, 3.05) is 0 Å². The predicted octanol–water partition coefficient (Wildman–Crippen LogP) is 13.1. The first kappa shape index (κ1) is 31.1. The van der Waals surface area contributed by atoms with Crippen LogP contribution >= 0.6 is 0 Å². The van der Waals surface area contributed by atoms with Gasteiger partial charge in [0.25, 0.3) is 0 Å². The van der Waals surface area contributed by atoms with Gasteiger partial charge in [-0.2, -0.15) is 0 Å². The van der Waals surface area contributed by atoms with Crippen LogP contribution in [0.4, 0.5) is 0 Å². The van der Waals surface area contributed by atoms with Crippen molar-refractivity contribution in [3.63, 3.8) is 0 Å². The third kappa shape index (κ3) is 5.19. The Balaban J connectivity index is 1.08. The number of fused-ring (bicyclic) bond motifs is 7. The summed E-state index contributed by atoms with van der Waals surface area (Å²) in [6, 6.07) is 64.6. The summed E-state index contributed by atoms with van der Waals surface area (Å²) in [6.45, 7) is 0. The van der Waals surface area contributed by atoms with E-state index in [0.29, 0.717) is 5.82 Å². The number of hydrogen-bond acceptors (Lipinski definition) is 3. The summed E-state index contributed by atoms with van der Waals surface area (Å²) in [5.41, 5.74) is 10.5. The molecule has 8 aromatic carbocycles. The summed E-state index contributed by atoms with van der Waals surface area (Å²) < 4.78 is 2.35. The highest BCUT2D eigenvalue weighted by Gasteiger charge is 2.16. The van der Waals surface area contributed by atoms with Gasteiger partial charge in [-0.1, -0.05) is 146 Å². The van der Waals surface area contributed by atoms with Crippen molar-refractivity contribution < 1.29 is 0 Å². The van der Waals surface area contributed by atoms with E-state index in [1.54, 1.807) is 0 Å². The molecule has 0 aliphatic rings. The highest BCUT2D eigenvalue weighted by atomic mass is 15.0. The van der Waals surface area contributed by atoms with Crippen molar-refractivity contribution in [1.29, 1.82) is 0 Å². The maximum Gasteiger partial charge on any atom is 0.160 e. The minimum atomic E-state index is 0.679. The summed E-state index contributed by atoms with van der Waals surface area (Å²) in [7, 11) is 0. The zero-order valence-corrected chi connectivity index (χ0v) is 29.8. The monoisotopic (exact) mass is 700 g/mol. The lowest BCUT2D eigenvalue weighted by Crippen LogP contribution is -1.98. The Morgan fingerprint density at radius 3 is 1.62 bits per heavy atom. The molecule has 0 unspecified atom stereocenters. The average Bonchev–Trinajstić information content (AvgIpc) is 3.60. The van der Waals surface area contributed by atoms with Crippen LogP contribution in [0.25, 0.3) is 105 Å². The van der Waals surface area contributed by atoms with Gasteiger partial charge in [-0.15, -0.1) is 0 Å². The molecule has 0 fully saturated rings. The number of pyridine rings is 1. The van der Waals surface area contributed by atoms with Crippen LogP contribution in [0.15, 0.2) is 194 Å². The van der Waals surface area contributed by atoms with Crippen molar-refractivity contribution in [3.8, 4) is 50.7 Å². The molecule has 0 saturated carbocycles. The van der Waals surface area contributed by atoms with Crippen molar-refractivity contribution in [2.45, 2.75) is 0 Å². The van der Waals surface area contributed by atoms with Crippen molar-refractivity contribution in [3.05, 3.63) is 194 Å². The highest BCUT2D eigenvalue weighted by molar-refractivity contribution is 6.13. The lowest BCUT2D eigenvalue weighted by molar-refractivity contribution is 1.17. The maximum atomic E-state index is 5.31. The first-order chi connectivity index (χ1) is 27.3. The molecule has 3 heterocycles. The normalized spacial score (nSPS) is 11.6. The maximum absolute atomic E-state index is 5.31. The second-order valence-corrected chi connectivity index (χ2v) is 14.1. The van der Waals surface area contributed by atoms with Crippen LogP contribution in [0.3, 0.4) is 0 Å². The molecule has 4 heteroatoms. The molecule has 0 aliphatic heterocycles. The van der Waals surface area contributed by atoms with Gasteiger partial charge in [0.15, 0.2) is 5.82 Å². The Morgan fingerprint density at radius 2 is 0.891 bits per heavy atom. The largest absolute Gasteiger partial charge is 0.309 e. The predicted molar refractivity (Wildman–Crippen MR) is 228 cm³/mol. The van der Waals surface area contributed by atoms with E-state index < -0.39 is 0 Å². The van der Waals surface area contributed by atoms with E-state index in [0.717, 1.165) is 55.7 Å². The minimum absolute atomic E-state index is 0.679. The number of benzene rings is 8. The van der Waals surface area contributed by atoms with E-state index in [1.807, 2.05) is 12.4 Å². The van der Waals surface area contributed by atoms with E-state index in [4.69, 9.17) is 9.97 Å². The Hall–Kier alpha value is -7.43. The average molecular weight is 701 g/mol. The quantitative estimate of drug-likeness (QED) is 0.168. The fraction of sp³-hybridized carbons (Fsp3) is 0. The van der Waals surface area contributed by atoms with Gasteiger partial charge in [0.1, 0.15) is 0 Å². The topological polar surface area (TPSA) is 43.6 Å². The second-order valence-electron chi connectivity index (χ2n) is 14.1. The van der Waals surface area contributed by atoms with Gasteiger partial charge in [0, 0.05) is 56.5 Å². The van der Waals surface area contributed by atoms with Crippen LogP contribution in [-0.4, -0.2) is 19.5 Å². The third-order valence-corrected chi connectivity index (χ3v) is 10.9. The fourth-order valence-electron chi connectivity index (χ4n) is 8.26. The Labute approximate surface area is 317 Å². The Morgan fingerprint density at radius 1 is 0.345 bits per heavy atom. The van der Waals surface area contributed by atoms with Gasteiger partial charge in [-0.05, 0) is 68.9 Å². The first-order valence-electron chi connectivity index (χ1n) is 18.6. The van der Waals surface area contributed by atoms with Gasteiger partial charge in [-0.25, -0.2) is 9.97 Å². The van der Waals surface area contributed by atoms with Gasteiger partial charge in [-0.3, -0.25) is 4.98 Å². The number of aromatic nitrogens is 4. The number of para-hydroxylation sites is 2. The van der Waals surface area contributed by atoms with Crippen LogP contribution in [0, 0.1) is 0 Å². The van der Waals surface area contributed by atoms with Gasteiger partial charge < -0.3 is 4.57 Å². The van der Waals surface area contributed by atoms with Crippen LogP contribution < -0.4 is 0 Å². The zero-order chi connectivity index (χ0) is 36.3. The summed E-state index contributed by atoms with van der Waals surface area (Å²) in [5, 5.41) is 9.58. The molecule has 0 N–H and O–H groups in total. The highest BCUT2D eigenvalue weighted by Crippen LogP contribution is 2.38. The summed E-state index contributed by atoms with van der Waals surface area (Å²) >= 11 is 0. The lowest BCUT2D eigenvalue weighted by Gasteiger charge is -2.14.